The SMILES string of the molecule is CCCCCCCCCCCCCOP(O)O.[MgH2]. The van der Waals surface area contributed by atoms with E-state index in [4.69, 9.17) is 14.3 Å². The summed E-state index contributed by atoms with van der Waals surface area (Å²) in [6.07, 6.45) is 14.3. The highest BCUT2D eigenvalue weighted by Crippen LogP contribution is 2.24. The third-order valence-corrected chi connectivity index (χ3v) is 3.37. The summed E-state index contributed by atoms with van der Waals surface area (Å²) < 4.78 is 4.70. The Morgan fingerprint density at radius 3 is 1.50 bits per heavy atom. The van der Waals surface area contributed by atoms with Crippen LogP contribution >= 0.6 is 8.60 Å². The first kappa shape index (κ1) is 21.4. The van der Waals surface area contributed by atoms with Gasteiger partial charge in [-0.1, -0.05) is 71.1 Å². The number of hydrogen-bond acceptors (Lipinski definition) is 3. The Labute approximate surface area is 130 Å². The van der Waals surface area contributed by atoms with E-state index in [-0.39, 0.29) is 23.1 Å². The smallest absolute Gasteiger partial charge is 0.327 e. The van der Waals surface area contributed by atoms with E-state index in [1.54, 1.807) is 0 Å². The molecule has 0 radical (unpaired) electrons. The second-order valence-corrected chi connectivity index (χ2v) is 5.39. The summed E-state index contributed by atoms with van der Waals surface area (Å²) in [6, 6.07) is 0. The first-order valence-corrected chi connectivity index (χ1v) is 8.24. The van der Waals surface area contributed by atoms with Crippen LogP contribution in [0.4, 0.5) is 0 Å². The average molecular weight is 291 g/mol. The van der Waals surface area contributed by atoms with Crippen molar-refractivity contribution in [2.75, 3.05) is 6.61 Å². The van der Waals surface area contributed by atoms with E-state index in [2.05, 4.69) is 6.92 Å². The highest BCUT2D eigenvalue weighted by Gasteiger charge is 1.98. The van der Waals surface area contributed by atoms with Gasteiger partial charge in [0.25, 0.3) is 0 Å². The zero-order valence-electron chi connectivity index (χ0n) is 11.2. The van der Waals surface area contributed by atoms with Crippen molar-refractivity contribution in [3.05, 3.63) is 0 Å². The van der Waals surface area contributed by atoms with Gasteiger partial charge in [-0.05, 0) is 6.42 Å². The molecule has 2 N–H and O–H groups in total. The Morgan fingerprint density at radius 1 is 0.722 bits per heavy atom. The van der Waals surface area contributed by atoms with Crippen LogP contribution in [0.3, 0.4) is 0 Å². The third kappa shape index (κ3) is 19.4. The van der Waals surface area contributed by atoms with E-state index in [9.17, 15) is 0 Å². The molecule has 0 aromatic heterocycles. The second-order valence-electron chi connectivity index (χ2n) is 4.62. The van der Waals surface area contributed by atoms with Crippen molar-refractivity contribution < 1.29 is 14.3 Å². The molecule has 0 aromatic rings. The molecule has 0 aliphatic carbocycles. The van der Waals surface area contributed by atoms with Crippen molar-refractivity contribution in [3.8, 4) is 0 Å². The largest absolute Gasteiger partial charge is 0.328 e. The van der Waals surface area contributed by atoms with Crippen molar-refractivity contribution in [1.82, 2.24) is 0 Å². The summed E-state index contributed by atoms with van der Waals surface area (Å²) in [5, 5.41) is 0. The van der Waals surface area contributed by atoms with Crippen LogP contribution in [0.2, 0.25) is 0 Å². The van der Waals surface area contributed by atoms with Gasteiger partial charge in [-0.3, -0.25) is 0 Å². The molecule has 0 unspecified atom stereocenters. The van der Waals surface area contributed by atoms with E-state index in [1.165, 1.54) is 57.8 Å². The molecule has 108 valence electrons. The molecule has 0 aliphatic heterocycles. The molecule has 0 atom stereocenters. The monoisotopic (exact) mass is 290 g/mol. The Bertz CT molecular complexity index is 148. The predicted octanol–water partition coefficient (Wildman–Crippen LogP) is 3.61. The molecule has 3 nitrogen and oxygen atoms in total. The summed E-state index contributed by atoms with van der Waals surface area (Å²) in [5.41, 5.74) is 0. The van der Waals surface area contributed by atoms with Gasteiger partial charge in [-0.25, -0.2) is 0 Å². The molecule has 0 rings (SSSR count). The highest BCUT2D eigenvalue weighted by molar-refractivity contribution is 7.39. The zero-order valence-corrected chi connectivity index (χ0v) is 12.1. The van der Waals surface area contributed by atoms with Crippen molar-refractivity contribution in [1.29, 1.82) is 0 Å². The summed E-state index contributed by atoms with van der Waals surface area (Å²) in [7, 11) is -2.14. The number of hydrogen-bond donors (Lipinski definition) is 2. The molecular formula is C13H31MgO3P. The van der Waals surface area contributed by atoms with Crippen LogP contribution in [0.25, 0.3) is 0 Å². The Hall–Kier alpha value is 1.08. The summed E-state index contributed by atoms with van der Waals surface area (Å²) >= 11 is 0. The van der Waals surface area contributed by atoms with E-state index in [0.29, 0.717) is 6.61 Å². The quantitative estimate of drug-likeness (QED) is 0.309. The Kier molecular flexibility index (Phi) is 21.5. The standard InChI is InChI=1S/C13H29O3P.Mg.2H/c1-2-3-4-5-6-7-8-9-10-11-12-13-16-17(14)15;;;/h14-15H,2-13H2,1H3;;;. The van der Waals surface area contributed by atoms with Crippen molar-refractivity contribution >= 4 is 31.7 Å². The van der Waals surface area contributed by atoms with Gasteiger partial charge in [0.2, 0.25) is 0 Å². The molecular weight excluding hydrogens is 259 g/mol. The van der Waals surface area contributed by atoms with Gasteiger partial charge in [0.15, 0.2) is 0 Å². The molecule has 0 spiro atoms. The molecule has 0 heterocycles. The van der Waals surface area contributed by atoms with Gasteiger partial charge in [-0.2, -0.15) is 0 Å². The Morgan fingerprint density at radius 2 is 1.11 bits per heavy atom. The van der Waals surface area contributed by atoms with E-state index >= 15 is 0 Å². The van der Waals surface area contributed by atoms with Gasteiger partial charge < -0.3 is 14.3 Å². The molecule has 0 saturated heterocycles. The highest BCUT2D eigenvalue weighted by atomic mass is 31.2. The first-order valence-electron chi connectivity index (χ1n) is 7.08. The third-order valence-electron chi connectivity index (χ3n) is 2.95. The normalized spacial score (nSPS) is 10.7. The molecule has 0 aromatic carbocycles. The molecule has 0 fully saturated rings. The van der Waals surface area contributed by atoms with E-state index in [0.717, 1.165) is 12.8 Å². The fourth-order valence-corrected chi connectivity index (χ4v) is 2.20. The number of rotatable bonds is 13. The maximum absolute atomic E-state index is 8.51. The maximum atomic E-state index is 8.51. The van der Waals surface area contributed by atoms with Crippen LogP contribution < -0.4 is 0 Å². The second kappa shape index (κ2) is 18.1. The molecule has 18 heavy (non-hydrogen) atoms. The summed E-state index contributed by atoms with van der Waals surface area (Å²) in [5.74, 6) is 0. The lowest BCUT2D eigenvalue weighted by Gasteiger charge is -2.04. The summed E-state index contributed by atoms with van der Waals surface area (Å²) in [6.45, 7) is 2.73. The van der Waals surface area contributed by atoms with Gasteiger partial charge in [0.05, 0.1) is 6.61 Å². The van der Waals surface area contributed by atoms with Gasteiger partial charge in [-0.15, -0.1) is 0 Å². The maximum Gasteiger partial charge on any atom is 0.327 e. The lowest BCUT2D eigenvalue weighted by molar-refractivity contribution is 0.248. The lowest BCUT2D eigenvalue weighted by atomic mass is 10.1. The average Bonchev–Trinajstić information content (AvgIpc) is 2.30. The van der Waals surface area contributed by atoms with E-state index in [1.807, 2.05) is 0 Å². The summed E-state index contributed by atoms with van der Waals surface area (Å²) in [4.78, 5) is 17.0. The van der Waals surface area contributed by atoms with Gasteiger partial charge >= 0.3 is 31.7 Å². The van der Waals surface area contributed by atoms with Crippen LogP contribution in [0, 0.1) is 0 Å². The fourth-order valence-electron chi connectivity index (χ4n) is 1.91. The molecule has 0 saturated carbocycles. The predicted molar refractivity (Wildman–Crippen MR) is 82.3 cm³/mol. The number of unbranched alkanes of at least 4 members (excludes halogenated alkanes) is 10. The minimum Gasteiger partial charge on any atom is -0.328 e. The van der Waals surface area contributed by atoms with Gasteiger partial charge in [0, 0.05) is 0 Å². The van der Waals surface area contributed by atoms with Crippen LogP contribution in [-0.2, 0) is 4.52 Å². The minimum absolute atomic E-state index is 0. The van der Waals surface area contributed by atoms with Crippen LogP contribution in [0.15, 0.2) is 0 Å². The van der Waals surface area contributed by atoms with Crippen molar-refractivity contribution in [2.24, 2.45) is 0 Å². The molecule has 0 aliphatic rings. The van der Waals surface area contributed by atoms with Crippen LogP contribution in [0.5, 0.6) is 0 Å². The molecule has 0 bridgehead atoms. The van der Waals surface area contributed by atoms with Crippen molar-refractivity contribution in [3.63, 3.8) is 0 Å². The Balaban J connectivity index is 0. The van der Waals surface area contributed by atoms with E-state index < -0.39 is 8.60 Å². The van der Waals surface area contributed by atoms with Gasteiger partial charge in [0.1, 0.15) is 0 Å². The molecule has 0 amide bonds. The van der Waals surface area contributed by atoms with Crippen LogP contribution in [-0.4, -0.2) is 39.4 Å². The minimum atomic E-state index is -2.14. The zero-order chi connectivity index (χ0) is 12.8. The van der Waals surface area contributed by atoms with Crippen LogP contribution in [0.1, 0.15) is 77.6 Å². The van der Waals surface area contributed by atoms with Crippen molar-refractivity contribution in [2.45, 2.75) is 77.6 Å². The molecule has 5 heteroatoms. The topological polar surface area (TPSA) is 49.7 Å². The first-order chi connectivity index (χ1) is 8.27. The fraction of sp³-hybridized carbons (Fsp3) is 1.00. The lowest BCUT2D eigenvalue weighted by Crippen LogP contribution is -1.89.